The minimum Gasteiger partial charge on any atom is -0.480 e. The molecule has 0 spiro atoms. The number of rotatable bonds is 10. The van der Waals surface area contributed by atoms with Gasteiger partial charge in [-0.25, -0.2) is 9.38 Å². The molecule has 2 aromatic carbocycles. The fraction of sp³-hybridized carbons (Fsp3) is 0.312. The van der Waals surface area contributed by atoms with E-state index in [1.807, 2.05) is 49.2 Å². The van der Waals surface area contributed by atoms with Gasteiger partial charge in [0, 0.05) is 55.4 Å². The molecule has 0 radical (unpaired) electrons. The van der Waals surface area contributed by atoms with Gasteiger partial charge in [0.05, 0.1) is 28.5 Å². The van der Waals surface area contributed by atoms with Gasteiger partial charge < -0.3 is 21.1 Å². The number of carbonyl (C=O) groups is 2. The molecule has 4 N–H and O–H groups in total. The third-order valence-electron chi connectivity index (χ3n) is 7.32. The zero-order chi connectivity index (χ0) is 31.1. The number of nitrogens with two attached hydrogens (primary N) is 1. The summed E-state index contributed by atoms with van der Waals surface area (Å²) in [6.07, 6.45) is 6.74. The van der Waals surface area contributed by atoms with E-state index in [1.165, 1.54) is 18.2 Å². The van der Waals surface area contributed by atoms with E-state index in [1.54, 1.807) is 0 Å². The summed E-state index contributed by atoms with van der Waals surface area (Å²) in [5.41, 5.74) is 9.62. The normalized spacial score (nSPS) is 15.0. The number of hydrogen-bond donors (Lipinski definition) is 3. The predicted octanol–water partition coefficient (Wildman–Crippen LogP) is 5.47. The van der Waals surface area contributed by atoms with Crippen LogP contribution in [0, 0.1) is 12.7 Å². The Morgan fingerprint density at radius 1 is 1.16 bits per heavy atom. The lowest BCUT2D eigenvalue weighted by atomic mass is 10.0. The smallest absolute Gasteiger partial charge is 0.317 e. The molecular formula is C32H36ClFN6O3. The highest BCUT2D eigenvalue weighted by atomic mass is 35.5. The average molecular weight is 607 g/mol. The molecule has 1 fully saturated rings. The van der Waals surface area contributed by atoms with Crippen LogP contribution in [-0.4, -0.2) is 70.3 Å². The maximum atomic E-state index is 14.6. The molecule has 226 valence electrons. The van der Waals surface area contributed by atoms with Crippen molar-refractivity contribution >= 4 is 51.5 Å². The number of nitrogens with one attached hydrogen (secondary N) is 1. The van der Waals surface area contributed by atoms with E-state index < -0.39 is 17.7 Å². The first-order valence-electron chi connectivity index (χ1n) is 14.1. The molecule has 2 heterocycles. The maximum Gasteiger partial charge on any atom is 0.317 e. The SMILES string of the molecule is CC/C=C/C(=C\N=C(C)N1CCN(CC(=O)O)CC1)c1ccc2nc(C)c(Cl)c(NCc3cc(C(N)=O)ccc3F)c2c1. The van der Waals surface area contributed by atoms with Crippen LogP contribution in [0.4, 0.5) is 10.1 Å². The van der Waals surface area contributed by atoms with Crippen LogP contribution in [0.5, 0.6) is 0 Å². The first-order chi connectivity index (χ1) is 20.6. The summed E-state index contributed by atoms with van der Waals surface area (Å²) in [5, 5.41) is 13.5. The Labute approximate surface area is 255 Å². The van der Waals surface area contributed by atoms with Gasteiger partial charge in [0.25, 0.3) is 0 Å². The summed E-state index contributed by atoms with van der Waals surface area (Å²) in [6.45, 7) is 8.67. The molecule has 11 heteroatoms. The van der Waals surface area contributed by atoms with Crippen molar-refractivity contribution in [1.82, 2.24) is 14.8 Å². The van der Waals surface area contributed by atoms with Crippen LogP contribution >= 0.6 is 11.6 Å². The molecule has 3 aromatic rings. The summed E-state index contributed by atoms with van der Waals surface area (Å²) in [5.74, 6) is -1.07. The van der Waals surface area contributed by atoms with E-state index in [9.17, 15) is 14.0 Å². The summed E-state index contributed by atoms with van der Waals surface area (Å²) in [6, 6.07) is 9.88. The fourth-order valence-corrected chi connectivity index (χ4v) is 5.10. The number of carboxylic acids is 1. The molecule has 0 saturated carbocycles. The number of hydrogen-bond acceptors (Lipinski definition) is 6. The van der Waals surface area contributed by atoms with Crippen molar-refractivity contribution in [3.05, 3.63) is 88.0 Å². The number of aromatic nitrogens is 1. The van der Waals surface area contributed by atoms with Gasteiger partial charge in [-0.05, 0) is 61.7 Å². The zero-order valence-electron chi connectivity index (χ0n) is 24.5. The molecular weight excluding hydrogens is 571 g/mol. The van der Waals surface area contributed by atoms with Crippen molar-refractivity contribution in [1.29, 1.82) is 0 Å². The Balaban J connectivity index is 1.65. The van der Waals surface area contributed by atoms with Crippen molar-refractivity contribution in [3.8, 4) is 0 Å². The molecule has 0 atom stereocenters. The number of primary amides is 1. The van der Waals surface area contributed by atoms with Crippen molar-refractivity contribution in [3.63, 3.8) is 0 Å². The number of carboxylic acid groups (broad SMARTS) is 1. The molecule has 0 aliphatic carbocycles. The van der Waals surface area contributed by atoms with Crippen LogP contribution in [0.3, 0.4) is 0 Å². The van der Waals surface area contributed by atoms with Crippen molar-refractivity contribution in [2.45, 2.75) is 33.7 Å². The number of anilines is 1. The second-order valence-electron chi connectivity index (χ2n) is 10.4. The van der Waals surface area contributed by atoms with E-state index >= 15 is 0 Å². The molecule has 1 aliphatic heterocycles. The minimum absolute atomic E-state index is 0.0435. The average Bonchev–Trinajstić information content (AvgIpc) is 2.98. The molecule has 1 aromatic heterocycles. The van der Waals surface area contributed by atoms with Gasteiger partial charge in [-0.3, -0.25) is 19.5 Å². The van der Waals surface area contributed by atoms with Gasteiger partial charge >= 0.3 is 5.97 Å². The molecule has 9 nitrogen and oxygen atoms in total. The second-order valence-corrected chi connectivity index (χ2v) is 10.7. The Morgan fingerprint density at radius 3 is 2.56 bits per heavy atom. The Hall–Kier alpha value is -4.28. The van der Waals surface area contributed by atoms with Crippen LogP contribution in [0.15, 0.2) is 59.7 Å². The van der Waals surface area contributed by atoms with Crippen LogP contribution in [0.1, 0.15) is 47.4 Å². The summed E-state index contributed by atoms with van der Waals surface area (Å²) in [4.78, 5) is 36.1. The molecule has 43 heavy (non-hydrogen) atoms. The van der Waals surface area contributed by atoms with E-state index in [0.29, 0.717) is 42.6 Å². The van der Waals surface area contributed by atoms with Gasteiger partial charge in [-0.1, -0.05) is 36.7 Å². The number of carbonyl (C=O) groups excluding carboxylic acids is 1. The third-order valence-corrected chi connectivity index (χ3v) is 7.79. The summed E-state index contributed by atoms with van der Waals surface area (Å²) < 4.78 is 14.6. The number of aryl methyl sites for hydroxylation is 1. The number of amidine groups is 1. The zero-order valence-corrected chi connectivity index (χ0v) is 25.3. The van der Waals surface area contributed by atoms with Crippen molar-refractivity contribution in [2.75, 3.05) is 38.0 Å². The Bertz CT molecular complexity index is 1610. The molecule has 1 amide bonds. The molecule has 1 aliphatic rings. The molecule has 4 rings (SSSR count). The van der Waals surface area contributed by atoms with Gasteiger partial charge in [0.2, 0.25) is 5.91 Å². The number of pyridine rings is 1. The highest BCUT2D eigenvalue weighted by Crippen LogP contribution is 2.35. The molecule has 1 saturated heterocycles. The van der Waals surface area contributed by atoms with Crippen molar-refractivity contribution in [2.24, 2.45) is 10.7 Å². The van der Waals surface area contributed by atoms with Crippen LogP contribution < -0.4 is 11.1 Å². The van der Waals surface area contributed by atoms with Crippen LogP contribution in [-0.2, 0) is 11.3 Å². The lowest BCUT2D eigenvalue weighted by Gasteiger charge is -2.34. The Morgan fingerprint density at radius 2 is 1.88 bits per heavy atom. The minimum atomic E-state index is -0.820. The fourth-order valence-electron chi connectivity index (χ4n) is 4.89. The van der Waals surface area contributed by atoms with E-state index in [0.717, 1.165) is 34.3 Å². The molecule has 0 bridgehead atoms. The van der Waals surface area contributed by atoms with E-state index in [2.05, 4.69) is 28.2 Å². The summed E-state index contributed by atoms with van der Waals surface area (Å²) in [7, 11) is 0. The van der Waals surface area contributed by atoms with Gasteiger partial charge in [0.1, 0.15) is 11.7 Å². The maximum absolute atomic E-state index is 14.6. The highest BCUT2D eigenvalue weighted by molar-refractivity contribution is 6.35. The van der Waals surface area contributed by atoms with E-state index in [-0.39, 0.29) is 24.2 Å². The van der Waals surface area contributed by atoms with Gasteiger partial charge in [-0.15, -0.1) is 0 Å². The number of aliphatic imine (C=N–C) groups is 1. The quantitative estimate of drug-likeness (QED) is 0.159. The number of allylic oxidation sites excluding steroid dienone is 3. The number of benzene rings is 2. The number of piperazine rings is 1. The number of halogens is 2. The number of aliphatic carboxylic acids is 1. The largest absolute Gasteiger partial charge is 0.480 e. The topological polar surface area (TPSA) is 124 Å². The monoisotopic (exact) mass is 606 g/mol. The lowest BCUT2D eigenvalue weighted by molar-refractivity contribution is -0.138. The predicted molar refractivity (Wildman–Crippen MR) is 170 cm³/mol. The first kappa shape index (κ1) is 31.7. The number of fused-ring (bicyclic) bond motifs is 1. The molecule has 0 unspecified atom stereocenters. The van der Waals surface area contributed by atoms with Crippen LogP contribution in [0.2, 0.25) is 5.02 Å². The first-order valence-corrected chi connectivity index (χ1v) is 14.5. The standard InChI is InChI=1S/C32H36ClFN6O3/c1-4-5-6-24(17-36-21(3)40-13-11-39(12-14-40)19-29(41)42)22-8-10-28-26(16-22)31(30(33)20(2)38-28)37-18-25-15-23(32(35)43)7-9-27(25)34/h5-10,15-17H,4,11-14,18-19H2,1-3H3,(H2,35,43)(H,37,38)(H,41,42)/b6-5+,24-17+,36-21?. The highest BCUT2D eigenvalue weighted by Gasteiger charge is 2.19. The van der Waals surface area contributed by atoms with Gasteiger partial charge in [-0.2, -0.15) is 0 Å². The summed E-state index contributed by atoms with van der Waals surface area (Å²) >= 11 is 6.72. The lowest BCUT2D eigenvalue weighted by Crippen LogP contribution is -2.49. The third kappa shape index (κ3) is 7.97. The number of amides is 1. The van der Waals surface area contributed by atoms with Gasteiger partial charge in [0.15, 0.2) is 0 Å². The Kier molecular flexibility index (Phi) is 10.5. The van der Waals surface area contributed by atoms with Crippen molar-refractivity contribution < 1.29 is 19.1 Å². The number of nitrogens with zero attached hydrogens (tertiary/aromatic N) is 4. The van der Waals surface area contributed by atoms with Crippen LogP contribution in [0.25, 0.3) is 16.5 Å². The second kappa shape index (κ2) is 14.3. The van der Waals surface area contributed by atoms with E-state index in [4.69, 9.17) is 27.4 Å².